The number of piperidine rings is 1. The first kappa shape index (κ1) is 15.8. The van der Waals surface area contributed by atoms with Gasteiger partial charge in [0.05, 0.1) is 0 Å². The number of hydrogen-bond donors (Lipinski definition) is 2. The molecule has 6 heteroatoms. The summed E-state index contributed by atoms with van der Waals surface area (Å²) in [7, 11) is 0. The van der Waals surface area contributed by atoms with Gasteiger partial charge in [-0.3, -0.25) is 14.9 Å². The number of H-pyrrole nitrogens is 1. The Kier molecular flexibility index (Phi) is 4.24. The van der Waals surface area contributed by atoms with E-state index in [1.54, 1.807) is 12.4 Å². The Morgan fingerprint density at radius 3 is 2.52 bits per heavy atom. The molecule has 0 bridgehead atoms. The minimum Gasteiger partial charge on any atom is -0.356 e. The van der Waals surface area contributed by atoms with Gasteiger partial charge in [-0.15, -0.1) is 0 Å². The molecule has 0 saturated carbocycles. The fourth-order valence-electron chi connectivity index (χ4n) is 3.31. The summed E-state index contributed by atoms with van der Waals surface area (Å²) < 4.78 is 0. The summed E-state index contributed by atoms with van der Waals surface area (Å²) in [5, 5.41) is 11.3. The zero-order chi connectivity index (χ0) is 17.2. The van der Waals surface area contributed by atoms with Gasteiger partial charge in [0.15, 0.2) is 0 Å². The highest BCUT2D eigenvalue weighted by Gasteiger charge is 2.27. The summed E-state index contributed by atoms with van der Waals surface area (Å²) in [4.78, 5) is 16.0. The van der Waals surface area contributed by atoms with Crippen LogP contribution in [0.1, 0.15) is 24.5 Å². The van der Waals surface area contributed by atoms with Gasteiger partial charge in [-0.1, -0.05) is 23.7 Å². The van der Waals surface area contributed by atoms with Crippen LogP contribution in [0.3, 0.4) is 0 Å². The predicted octanol–water partition coefficient (Wildman–Crippen LogP) is 3.79. The molecule has 1 unspecified atom stereocenters. The molecule has 2 aromatic heterocycles. The number of rotatable bonds is 3. The van der Waals surface area contributed by atoms with E-state index in [1.165, 1.54) is 0 Å². The smallest absolute Gasteiger partial charge is 0.220 e. The van der Waals surface area contributed by atoms with Gasteiger partial charge in [-0.25, -0.2) is 0 Å². The van der Waals surface area contributed by atoms with Crippen LogP contribution < -0.4 is 5.32 Å². The van der Waals surface area contributed by atoms with Crippen LogP contribution in [0.15, 0.2) is 48.8 Å². The van der Waals surface area contributed by atoms with E-state index in [-0.39, 0.29) is 11.8 Å². The minimum atomic E-state index is 0.0829. The van der Waals surface area contributed by atoms with Crippen LogP contribution in [0, 0.1) is 0 Å². The topological polar surface area (TPSA) is 70.7 Å². The second-order valence-corrected chi connectivity index (χ2v) is 6.58. The number of aromatic amines is 1. The maximum atomic E-state index is 11.8. The maximum Gasteiger partial charge on any atom is 0.220 e. The van der Waals surface area contributed by atoms with E-state index in [4.69, 9.17) is 11.6 Å². The van der Waals surface area contributed by atoms with Gasteiger partial charge >= 0.3 is 0 Å². The summed E-state index contributed by atoms with van der Waals surface area (Å²) in [5.41, 5.74) is 4.92. The van der Waals surface area contributed by atoms with Crippen LogP contribution >= 0.6 is 11.6 Å². The van der Waals surface area contributed by atoms with Crippen molar-refractivity contribution in [1.82, 2.24) is 20.5 Å². The van der Waals surface area contributed by atoms with Crippen molar-refractivity contribution in [3.05, 3.63) is 59.5 Å². The van der Waals surface area contributed by atoms with Crippen molar-refractivity contribution in [1.29, 1.82) is 0 Å². The van der Waals surface area contributed by atoms with Crippen LogP contribution in [0.2, 0.25) is 5.02 Å². The number of amides is 1. The highest BCUT2D eigenvalue weighted by Crippen LogP contribution is 2.39. The van der Waals surface area contributed by atoms with E-state index in [0.717, 1.165) is 34.5 Å². The first-order valence-electron chi connectivity index (χ1n) is 8.23. The quantitative estimate of drug-likeness (QED) is 0.753. The molecule has 1 atom stereocenters. The molecule has 0 spiro atoms. The lowest BCUT2D eigenvalue weighted by atomic mass is 9.88. The van der Waals surface area contributed by atoms with Crippen molar-refractivity contribution in [2.75, 3.05) is 6.54 Å². The van der Waals surface area contributed by atoms with Gasteiger partial charge in [0.2, 0.25) is 5.91 Å². The number of hydrogen-bond acceptors (Lipinski definition) is 3. The van der Waals surface area contributed by atoms with Crippen LogP contribution in [0.4, 0.5) is 0 Å². The number of halogens is 1. The number of carbonyl (C=O) groups is 1. The van der Waals surface area contributed by atoms with Crippen LogP contribution in [-0.4, -0.2) is 27.6 Å². The molecule has 1 aromatic carbocycles. The Morgan fingerprint density at radius 1 is 1.04 bits per heavy atom. The van der Waals surface area contributed by atoms with E-state index < -0.39 is 0 Å². The molecule has 1 aliphatic heterocycles. The molecule has 3 aromatic rings. The van der Waals surface area contributed by atoms with Gasteiger partial charge in [0.1, 0.15) is 5.69 Å². The first-order chi connectivity index (χ1) is 12.2. The number of carbonyl (C=O) groups excluding carboxylic acids is 1. The number of pyridine rings is 1. The highest BCUT2D eigenvalue weighted by molar-refractivity contribution is 6.30. The number of nitrogens with one attached hydrogen (secondary N) is 2. The zero-order valence-electron chi connectivity index (χ0n) is 13.5. The predicted molar refractivity (Wildman–Crippen MR) is 97.2 cm³/mol. The van der Waals surface area contributed by atoms with E-state index in [0.29, 0.717) is 18.0 Å². The first-order valence-corrected chi connectivity index (χ1v) is 8.61. The van der Waals surface area contributed by atoms with Crippen LogP contribution in [0.5, 0.6) is 0 Å². The minimum absolute atomic E-state index is 0.0829. The van der Waals surface area contributed by atoms with Crippen molar-refractivity contribution < 1.29 is 4.79 Å². The van der Waals surface area contributed by atoms with Gasteiger partial charge in [0.25, 0.3) is 0 Å². The Labute approximate surface area is 150 Å². The van der Waals surface area contributed by atoms with Crippen LogP contribution in [-0.2, 0) is 4.79 Å². The Balaban J connectivity index is 1.85. The fraction of sp³-hybridized carbons (Fsp3) is 0.211. The SMILES string of the molecule is O=C1CC(c2[nH]nc(-c3ccc(Cl)cc3)c2-c2ccncc2)CCN1. The molecule has 126 valence electrons. The largest absolute Gasteiger partial charge is 0.356 e. The molecule has 4 rings (SSSR count). The molecular weight excluding hydrogens is 336 g/mol. The Morgan fingerprint density at radius 2 is 1.80 bits per heavy atom. The average Bonchev–Trinajstić information content (AvgIpc) is 3.08. The normalized spacial score (nSPS) is 17.3. The zero-order valence-corrected chi connectivity index (χ0v) is 14.3. The third-order valence-electron chi connectivity index (χ3n) is 4.54. The molecule has 1 aliphatic rings. The number of nitrogens with zero attached hydrogens (tertiary/aromatic N) is 2. The molecule has 25 heavy (non-hydrogen) atoms. The van der Waals surface area contributed by atoms with E-state index in [2.05, 4.69) is 20.5 Å². The molecule has 0 radical (unpaired) electrons. The molecule has 5 nitrogen and oxygen atoms in total. The highest BCUT2D eigenvalue weighted by atomic mass is 35.5. The third kappa shape index (κ3) is 3.15. The van der Waals surface area contributed by atoms with Crippen molar-refractivity contribution >= 4 is 17.5 Å². The fourth-order valence-corrected chi connectivity index (χ4v) is 3.43. The second-order valence-electron chi connectivity index (χ2n) is 6.14. The third-order valence-corrected chi connectivity index (χ3v) is 4.79. The van der Waals surface area contributed by atoms with E-state index in [1.807, 2.05) is 36.4 Å². The molecular formula is C19H17ClN4O. The molecule has 1 saturated heterocycles. The van der Waals surface area contributed by atoms with Crippen molar-refractivity contribution in [2.45, 2.75) is 18.8 Å². The number of benzene rings is 1. The van der Waals surface area contributed by atoms with Crippen molar-refractivity contribution in [3.63, 3.8) is 0 Å². The van der Waals surface area contributed by atoms with Crippen molar-refractivity contribution in [2.24, 2.45) is 0 Å². The Bertz CT molecular complexity index is 890. The Hall–Kier alpha value is -2.66. The van der Waals surface area contributed by atoms with Gasteiger partial charge < -0.3 is 5.32 Å². The standard InChI is InChI=1S/C19H17ClN4O/c20-15-3-1-13(2-4-15)18-17(12-5-8-21-9-6-12)19(24-23-18)14-7-10-22-16(25)11-14/h1-6,8-9,14H,7,10-11H2,(H,22,25)(H,23,24). The van der Waals surface area contributed by atoms with Crippen LogP contribution in [0.25, 0.3) is 22.4 Å². The van der Waals surface area contributed by atoms with Gasteiger partial charge in [-0.05, 0) is 36.2 Å². The monoisotopic (exact) mass is 352 g/mol. The summed E-state index contributed by atoms with van der Waals surface area (Å²) in [5.74, 6) is 0.213. The lowest BCUT2D eigenvalue weighted by molar-refractivity contribution is -0.122. The summed E-state index contributed by atoms with van der Waals surface area (Å²) in [6.45, 7) is 0.689. The summed E-state index contributed by atoms with van der Waals surface area (Å²) >= 11 is 6.02. The average molecular weight is 353 g/mol. The molecule has 1 amide bonds. The molecule has 3 heterocycles. The molecule has 1 fully saturated rings. The van der Waals surface area contributed by atoms with E-state index in [9.17, 15) is 4.79 Å². The maximum absolute atomic E-state index is 11.8. The lowest BCUT2D eigenvalue weighted by Gasteiger charge is -2.22. The molecule has 0 aliphatic carbocycles. The van der Waals surface area contributed by atoms with Crippen molar-refractivity contribution in [3.8, 4) is 22.4 Å². The summed E-state index contributed by atoms with van der Waals surface area (Å²) in [6, 6.07) is 11.6. The summed E-state index contributed by atoms with van der Waals surface area (Å²) in [6.07, 6.45) is 4.91. The second kappa shape index (κ2) is 6.69. The van der Waals surface area contributed by atoms with Gasteiger partial charge in [-0.2, -0.15) is 5.10 Å². The van der Waals surface area contributed by atoms with E-state index >= 15 is 0 Å². The lowest BCUT2D eigenvalue weighted by Crippen LogP contribution is -2.32. The number of aromatic nitrogens is 3. The molecule has 2 N–H and O–H groups in total. The van der Waals surface area contributed by atoms with Gasteiger partial charge in [0, 0.05) is 53.1 Å².